The largest absolute Gasteiger partial charge is 0.391 e. The van der Waals surface area contributed by atoms with Crippen molar-refractivity contribution in [3.8, 4) is 0 Å². The Bertz CT molecular complexity index is 886. The van der Waals surface area contributed by atoms with Crippen LogP contribution in [0.25, 0.3) is 0 Å². The fourth-order valence-electron chi connectivity index (χ4n) is 4.01. The van der Waals surface area contributed by atoms with Crippen LogP contribution in [0.15, 0.2) is 48.1 Å². The van der Waals surface area contributed by atoms with Gasteiger partial charge in [-0.05, 0) is 24.7 Å². The van der Waals surface area contributed by atoms with E-state index in [0.717, 1.165) is 0 Å². The topological polar surface area (TPSA) is 84.8 Å². The molecule has 6 nitrogen and oxygen atoms in total. The first-order valence-corrected chi connectivity index (χ1v) is 10.6. The zero-order chi connectivity index (χ0) is 20.0. The summed E-state index contributed by atoms with van der Waals surface area (Å²) in [6.07, 6.45) is 1.64. The van der Waals surface area contributed by atoms with Crippen LogP contribution in [-0.4, -0.2) is 31.4 Å². The molecular formula is C20H26N2O4S. The number of allylic oxidation sites excluding steroid dienone is 1. The molecule has 3 rings (SSSR count). The molecule has 0 spiro atoms. The third kappa shape index (κ3) is 3.18. The number of nitrogens with zero attached hydrogens (tertiary/aromatic N) is 1. The normalized spacial score (nSPS) is 30.2. The summed E-state index contributed by atoms with van der Waals surface area (Å²) in [7, 11) is -4.03. The first-order chi connectivity index (χ1) is 12.5. The molecule has 27 heavy (non-hydrogen) atoms. The Morgan fingerprint density at radius 3 is 2.48 bits per heavy atom. The van der Waals surface area contributed by atoms with Crippen LogP contribution in [0.3, 0.4) is 0 Å². The summed E-state index contributed by atoms with van der Waals surface area (Å²) in [4.78, 5) is 18.3. The van der Waals surface area contributed by atoms with Gasteiger partial charge in [-0.3, -0.25) is 9.52 Å². The number of carbonyl (C=O) groups excluding carboxylic acids is 1. The van der Waals surface area contributed by atoms with Crippen LogP contribution >= 0.6 is 0 Å². The number of benzene rings is 1. The molecule has 1 aromatic carbocycles. The van der Waals surface area contributed by atoms with Gasteiger partial charge in [0.2, 0.25) is 15.9 Å². The lowest BCUT2D eigenvalue weighted by molar-refractivity contribution is -0.128. The highest BCUT2D eigenvalue weighted by Gasteiger charge is 2.65. The lowest BCUT2D eigenvalue weighted by Crippen LogP contribution is -2.50. The minimum atomic E-state index is -4.03. The lowest BCUT2D eigenvalue weighted by atomic mass is 9.75. The van der Waals surface area contributed by atoms with Crippen molar-refractivity contribution in [3.05, 3.63) is 48.6 Å². The molecule has 1 aliphatic carbocycles. The van der Waals surface area contributed by atoms with Crippen molar-refractivity contribution >= 4 is 21.6 Å². The highest BCUT2D eigenvalue weighted by atomic mass is 32.2. The molecule has 1 heterocycles. The van der Waals surface area contributed by atoms with E-state index in [2.05, 4.69) is 16.5 Å². The second kappa shape index (κ2) is 6.48. The van der Waals surface area contributed by atoms with Gasteiger partial charge in [0.25, 0.3) is 0 Å². The van der Waals surface area contributed by atoms with E-state index in [1.54, 1.807) is 37.3 Å². The Morgan fingerprint density at radius 2 is 1.96 bits per heavy atom. The molecule has 1 N–H and O–H groups in total. The molecule has 0 aromatic heterocycles. The number of carbonyl (C=O) groups is 1. The predicted octanol–water partition coefficient (Wildman–Crippen LogP) is 2.86. The minimum Gasteiger partial charge on any atom is -0.391 e. The standard InChI is InChI=1S/C20H26N2O4S/c1-6-15-12-20(15,19(3,4)5)18(23)22-27(24,25)17-13(2)26-21-16(17)14-10-8-7-9-11-14/h6-11,13,15,17H,1,12H2,2-5H3,(H,22,23)/t13?,15-,17?,20-/m1/s1. The van der Waals surface area contributed by atoms with Gasteiger partial charge < -0.3 is 4.84 Å². The number of oxime groups is 1. The summed E-state index contributed by atoms with van der Waals surface area (Å²) < 4.78 is 28.6. The van der Waals surface area contributed by atoms with Crippen molar-refractivity contribution in [1.82, 2.24) is 4.72 Å². The maximum Gasteiger partial charge on any atom is 0.247 e. The van der Waals surface area contributed by atoms with Gasteiger partial charge in [-0.2, -0.15) is 0 Å². The number of hydrogen-bond acceptors (Lipinski definition) is 5. The van der Waals surface area contributed by atoms with Gasteiger partial charge in [0.15, 0.2) is 5.25 Å². The smallest absolute Gasteiger partial charge is 0.247 e. The molecule has 1 fully saturated rings. The van der Waals surface area contributed by atoms with Gasteiger partial charge in [0, 0.05) is 5.56 Å². The van der Waals surface area contributed by atoms with E-state index in [1.165, 1.54) is 0 Å². The molecule has 1 amide bonds. The monoisotopic (exact) mass is 390 g/mol. The molecular weight excluding hydrogens is 364 g/mol. The van der Waals surface area contributed by atoms with Crippen molar-refractivity contribution in [3.63, 3.8) is 0 Å². The molecule has 4 atom stereocenters. The summed E-state index contributed by atoms with van der Waals surface area (Å²) >= 11 is 0. The Labute approximate surface area is 160 Å². The first-order valence-electron chi connectivity index (χ1n) is 9.02. The second-order valence-corrected chi connectivity index (χ2v) is 10.1. The molecule has 0 bridgehead atoms. The van der Waals surface area contributed by atoms with Gasteiger partial charge in [-0.1, -0.05) is 62.3 Å². The molecule has 7 heteroatoms. The summed E-state index contributed by atoms with van der Waals surface area (Å²) in [6.45, 7) is 11.3. The molecule has 1 saturated carbocycles. The average molecular weight is 391 g/mol. The van der Waals surface area contributed by atoms with Crippen LogP contribution < -0.4 is 4.72 Å². The van der Waals surface area contributed by atoms with E-state index < -0.39 is 32.7 Å². The fourth-order valence-corrected chi connectivity index (χ4v) is 5.61. The summed E-state index contributed by atoms with van der Waals surface area (Å²) in [5, 5.41) is 2.92. The number of sulfonamides is 1. The van der Waals surface area contributed by atoms with Crippen LogP contribution in [0.5, 0.6) is 0 Å². The Balaban J connectivity index is 1.89. The maximum absolute atomic E-state index is 13.1. The van der Waals surface area contributed by atoms with Crippen LogP contribution in [0.1, 0.15) is 39.7 Å². The van der Waals surface area contributed by atoms with E-state index in [1.807, 2.05) is 26.8 Å². The zero-order valence-electron chi connectivity index (χ0n) is 16.1. The van der Waals surface area contributed by atoms with Gasteiger partial charge >= 0.3 is 0 Å². The molecule has 1 aromatic rings. The SMILES string of the molecule is C=C[C@@H]1C[C@@]1(C(=O)NS(=O)(=O)C1C(c2ccccc2)=NOC1C)C(C)(C)C. The Morgan fingerprint density at radius 1 is 1.33 bits per heavy atom. The van der Waals surface area contributed by atoms with Crippen LogP contribution in [0.4, 0.5) is 0 Å². The van der Waals surface area contributed by atoms with Gasteiger partial charge in [-0.25, -0.2) is 8.42 Å². The summed E-state index contributed by atoms with van der Waals surface area (Å²) in [5.74, 6) is -0.515. The molecule has 2 aliphatic rings. The lowest BCUT2D eigenvalue weighted by Gasteiger charge is -2.31. The summed E-state index contributed by atoms with van der Waals surface area (Å²) in [6, 6.07) is 8.99. The number of hydrogen-bond donors (Lipinski definition) is 1. The van der Waals surface area contributed by atoms with Crippen LogP contribution in [0.2, 0.25) is 0 Å². The van der Waals surface area contributed by atoms with E-state index >= 15 is 0 Å². The molecule has 146 valence electrons. The van der Waals surface area contributed by atoms with E-state index in [-0.39, 0.29) is 11.3 Å². The van der Waals surface area contributed by atoms with Crippen molar-refractivity contribution in [2.75, 3.05) is 0 Å². The third-order valence-electron chi connectivity index (χ3n) is 5.69. The fraction of sp³-hybridized carbons (Fsp3) is 0.500. The van der Waals surface area contributed by atoms with E-state index in [4.69, 9.17) is 4.84 Å². The quantitative estimate of drug-likeness (QED) is 0.784. The van der Waals surface area contributed by atoms with Crippen LogP contribution in [-0.2, 0) is 19.7 Å². The number of rotatable bonds is 5. The van der Waals surface area contributed by atoms with Crippen molar-refractivity contribution in [2.45, 2.75) is 45.5 Å². The van der Waals surface area contributed by atoms with Crippen molar-refractivity contribution in [2.24, 2.45) is 21.9 Å². The Kier molecular flexibility index (Phi) is 4.70. The first kappa shape index (κ1) is 19.6. The van der Waals surface area contributed by atoms with Gasteiger partial charge in [-0.15, -0.1) is 6.58 Å². The number of nitrogens with one attached hydrogen (secondary N) is 1. The van der Waals surface area contributed by atoms with Crippen molar-refractivity contribution in [1.29, 1.82) is 0 Å². The highest BCUT2D eigenvalue weighted by molar-refractivity contribution is 7.91. The van der Waals surface area contributed by atoms with Crippen molar-refractivity contribution < 1.29 is 18.0 Å². The minimum absolute atomic E-state index is 0.0350. The summed E-state index contributed by atoms with van der Waals surface area (Å²) in [5.41, 5.74) is -0.191. The second-order valence-electron chi connectivity index (χ2n) is 8.32. The average Bonchev–Trinajstić information content (AvgIpc) is 3.24. The highest BCUT2D eigenvalue weighted by Crippen LogP contribution is 2.64. The molecule has 0 radical (unpaired) electrons. The molecule has 2 unspecified atom stereocenters. The predicted molar refractivity (Wildman–Crippen MR) is 105 cm³/mol. The zero-order valence-corrected chi connectivity index (χ0v) is 16.9. The van der Waals surface area contributed by atoms with Gasteiger partial charge in [0.05, 0.1) is 5.41 Å². The van der Waals surface area contributed by atoms with E-state index in [9.17, 15) is 13.2 Å². The van der Waals surface area contributed by atoms with E-state index in [0.29, 0.717) is 17.7 Å². The third-order valence-corrected chi connectivity index (χ3v) is 7.44. The molecule has 1 aliphatic heterocycles. The maximum atomic E-state index is 13.1. The van der Waals surface area contributed by atoms with Gasteiger partial charge in [0.1, 0.15) is 11.8 Å². The van der Waals surface area contributed by atoms with Crippen LogP contribution in [0, 0.1) is 16.7 Å². The molecule has 0 saturated heterocycles. The number of amides is 1. The Hall–Kier alpha value is -2.15.